The second-order valence-electron chi connectivity index (χ2n) is 6.28. The molecule has 0 heterocycles. The van der Waals surface area contributed by atoms with E-state index in [0.29, 0.717) is 24.8 Å². The van der Waals surface area contributed by atoms with Gasteiger partial charge in [-0.25, -0.2) is 4.99 Å². The van der Waals surface area contributed by atoms with Crippen molar-refractivity contribution in [1.82, 2.24) is 16.0 Å². The molecule has 0 saturated heterocycles. The summed E-state index contributed by atoms with van der Waals surface area (Å²) in [6, 6.07) is 9.36. The largest absolute Gasteiger partial charge is 0.357 e. The third-order valence-corrected chi connectivity index (χ3v) is 4.20. The summed E-state index contributed by atoms with van der Waals surface area (Å²) in [7, 11) is -1.05. The summed E-state index contributed by atoms with van der Waals surface area (Å²) in [5, 5.41) is 9.04. The van der Waals surface area contributed by atoms with Gasteiger partial charge in [-0.1, -0.05) is 18.2 Å². The van der Waals surface area contributed by atoms with E-state index in [-0.39, 0.29) is 42.0 Å². The number of nitrogens with zero attached hydrogens (tertiary/aromatic N) is 1. The summed E-state index contributed by atoms with van der Waals surface area (Å²) < 4.78 is 12.2. The van der Waals surface area contributed by atoms with Gasteiger partial charge in [-0.2, -0.15) is 0 Å². The fraction of sp³-hybridized carbons (Fsp3) is 0.529. The van der Waals surface area contributed by atoms with Gasteiger partial charge in [0.2, 0.25) is 5.91 Å². The molecule has 0 aromatic heterocycles. The van der Waals surface area contributed by atoms with Crippen molar-refractivity contribution in [2.75, 3.05) is 25.4 Å². The van der Waals surface area contributed by atoms with Crippen molar-refractivity contribution in [3.05, 3.63) is 30.3 Å². The summed E-state index contributed by atoms with van der Waals surface area (Å²) in [4.78, 5) is 16.9. The number of hydrogen-bond donors (Lipinski definition) is 3. The third-order valence-electron chi connectivity index (χ3n) is 2.83. The standard InChI is InChI=1S/C17H28N4O2S.HI/c1-5-18-16(20-13-15(22)21-17(2,3)4)19-11-12-24(23)14-9-7-6-8-10-14;/h6-10H,5,11-13H2,1-4H3,(H,21,22)(H2,18,19,20);1H. The quantitative estimate of drug-likeness (QED) is 0.316. The Morgan fingerprint density at radius 1 is 1.16 bits per heavy atom. The Kier molecular flexibility index (Phi) is 11.7. The van der Waals surface area contributed by atoms with Gasteiger partial charge >= 0.3 is 0 Å². The smallest absolute Gasteiger partial charge is 0.242 e. The maximum Gasteiger partial charge on any atom is 0.242 e. The molecule has 3 N–H and O–H groups in total. The highest BCUT2D eigenvalue weighted by Crippen LogP contribution is 2.04. The molecule has 0 saturated carbocycles. The fourth-order valence-electron chi connectivity index (χ4n) is 1.90. The lowest BCUT2D eigenvalue weighted by atomic mass is 10.1. The van der Waals surface area contributed by atoms with E-state index in [9.17, 15) is 9.00 Å². The van der Waals surface area contributed by atoms with Crippen LogP contribution in [0.3, 0.4) is 0 Å². The minimum absolute atomic E-state index is 0. The summed E-state index contributed by atoms with van der Waals surface area (Å²) in [6.07, 6.45) is 0. The van der Waals surface area contributed by atoms with Crippen molar-refractivity contribution in [3.8, 4) is 0 Å². The molecular weight excluding hydrogens is 451 g/mol. The first-order chi connectivity index (χ1) is 11.3. The van der Waals surface area contributed by atoms with Crippen LogP contribution in [0.1, 0.15) is 27.7 Å². The van der Waals surface area contributed by atoms with Crippen molar-refractivity contribution >= 4 is 46.6 Å². The van der Waals surface area contributed by atoms with E-state index in [1.807, 2.05) is 58.0 Å². The summed E-state index contributed by atoms with van der Waals surface area (Å²) in [5.74, 6) is 0.891. The molecule has 0 aliphatic carbocycles. The molecule has 0 fully saturated rings. The predicted molar refractivity (Wildman–Crippen MR) is 115 cm³/mol. The average molecular weight is 480 g/mol. The molecule has 0 aliphatic heterocycles. The van der Waals surface area contributed by atoms with E-state index in [1.165, 1.54) is 0 Å². The molecule has 8 heteroatoms. The van der Waals surface area contributed by atoms with Crippen LogP contribution in [0, 0.1) is 0 Å². The number of carbonyl (C=O) groups excluding carboxylic acids is 1. The van der Waals surface area contributed by atoms with Crippen LogP contribution in [0.4, 0.5) is 0 Å². The molecule has 25 heavy (non-hydrogen) atoms. The monoisotopic (exact) mass is 480 g/mol. The number of aliphatic imine (C=N–C) groups is 1. The van der Waals surface area contributed by atoms with Crippen molar-refractivity contribution in [1.29, 1.82) is 0 Å². The highest BCUT2D eigenvalue weighted by atomic mass is 127. The highest BCUT2D eigenvalue weighted by molar-refractivity contribution is 14.0. The Hall–Kier alpha value is -1.16. The van der Waals surface area contributed by atoms with Crippen LogP contribution in [0.2, 0.25) is 0 Å². The zero-order chi connectivity index (χ0) is 18.0. The Morgan fingerprint density at radius 3 is 2.36 bits per heavy atom. The van der Waals surface area contributed by atoms with Crippen molar-refractivity contribution in [3.63, 3.8) is 0 Å². The SMILES string of the molecule is CCNC(=NCC(=O)NC(C)(C)C)NCCS(=O)c1ccccc1.I. The van der Waals surface area contributed by atoms with Gasteiger partial charge in [0.1, 0.15) is 6.54 Å². The Balaban J connectivity index is 0.00000576. The fourth-order valence-corrected chi connectivity index (χ4v) is 2.89. The van der Waals surface area contributed by atoms with E-state index in [4.69, 9.17) is 0 Å². The number of carbonyl (C=O) groups is 1. The van der Waals surface area contributed by atoms with Crippen LogP contribution in [0.15, 0.2) is 40.2 Å². The maximum atomic E-state index is 12.2. The topological polar surface area (TPSA) is 82.6 Å². The molecule has 0 aliphatic rings. The Morgan fingerprint density at radius 2 is 1.80 bits per heavy atom. The predicted octanol–water partition coefficient (Wildman–Crippen LogP) is 1.88. The molecular formula is C17H29IN4O2S. The number of amides is 1. The van der Waals surface area contributed by atoms with Gasteiger partial charge in [-0.05, 0) is 39.8 Å². The molecule has 1 aromatic rings. The van der Waals surface area contributed by atoms with Crippen LogP contribution < -0.4 is 16.0 Å². The van der Waals surface area contributed by atoms with E-state index in [0.717, 1.165) is 4.90 Å². The number of guanidine groups is 1. The summed E-state index contributed by atoms with van der Waals surface area (Å²) >= 11 is 0. The third kappa shape index (κ3) is 11.1. The molecule has 1 atom stereocenters. The van der Waals surface area contributed by atoms with E-state index < -0.39 is 10.8 Å². The molecule has 142 valence electrons. The number of halogens is 1. The minimum atomic E-state index is -1.05. The lowest BCUT2D eigenvalue weighted by molar-refractivity contribution is -0.121. The van der Waals surface area contributed by atoms with Gasteiger partial charge in [0, 0.05) is 29.3 Å². The van der Waals surface area contributed by atoms with Crippen LogP contribution in [-0.4, -0.2) is 47.0 Å². The molecule has 0 radical (unpaired) electrons. The maximum absolute atomic E-state index is 12.2. The second-order valence-corrected chi connectivity index (χ2v) is 7.85. The molecule has 1 rings (SSSR count). The van der Waals surface area contributed by atoms with Crippen LogP contribution in [-0.2, 0) is 15.6 Å². The van der Waals surface area contributed by atoms with Gasteiger partial charge in [0.15, 0.2) is 5.96 Å². The summed E-state index contributed by atoms with van der Waals surface area (Å²) in [5.41, 5.74) is -0.273. The van der Waals surface area contributed by atoms with Crippen LogP contribution >= 0.6 is 24.0 Å². The van der Waals surface area contributed by atoms with Gasteiger partial charge in [0.25, 0.3) is 0 Å². The van der Waals surface area contributed by atoms with E-state index in [1.54, 1.807) is 0 Å². The number of benzene rings is 1. The van der Waals surface area contributed by atoms with Gasteiger partial charge < -0.3 is 16.0 Å². The summed E-state index contributed by atoms with van der Waals surface area (Å²) in [6.45, 7) is 8.98. The van der Waals surface area contributed by atoms with Gasteiger partial charge in [0.05, 0.1) is 10.8 Å². The molecule has 6 nitrogen and oxygen atoms in total. The van der Waals surface area contributed by atoms with Crippen molar-refractivity contribution in [2.24, 2.45) is 4.99 Å². The lowest BCUT2D eigenvalue weighted by Gasteiger charge is -2.20. The van der Waals surface area contributed by atoms with Crippen LogP contribution in [0.5, 0.6) is 0 Å². The van der Waals surface area contributed by atoms with Gasteiger partial charge in [-0.15, -0.1) is 24.0 Å². The zero-order valence-corrected chi connectivity index (χ0v) is 18.4. The number of nitrogens with one attached hydrogen (secondary N) is 3. The molecule has 1 unspecified atom stereocenters. The first-order valence-electron chi connectivity index (χ1n) is 8.08. The first kappa shape index (κ1) is 23.8. The molecule has 0 spiro atoms. The Bertz CT molecular complexity index is 574. The lowest BCUT2D eigenvalue weighted by Crippen LogP contribution is -2.43. The average Bonchev–Trinajstić information content (AvgIpc) is 2.51. The molecule has 0 bridgehead atoms. The van der Waals surface area contributed by atoms with Crippen molar-refractivity contribution < 1.29 is 9.00 Å². The highest BCUT2D eigenvalue weighted by Gasteiger charge is 2.13. The van der Waals surface area contributed by atoms with Crippen molar-refractivity contribution in [2.45, 2.75) is 38.1 Å². The van der Waals surface area contributed by atoms with E-state index >= 15 is 0 Å². The second kappa shape index (κ2) is 12.2. The Labute approximate surface area is 170 Å². The normalized spacial score (nSPS) is 12.7. The van der Waals surface area contributed by atoms with E-state index in [2.05, 4.69) is 20.9 Å². The first-order valence-corrected chi connectivity index (χ1v) is 9.40. The molecule has 1 aromatic carbocycles. The number of hydrogen-bond acceptors (Lipinski definition) is 3. The zero-order valence-electron chi connectivity index (χ0n) is 15.3. The van der Waals surface area contributed by atoms with Crippen LogP contribution in [0.25, 0.3) is 0 Å². The van der Waals surface area contributed by atoms with Gasteiger partial charge in [-0.3, -0.25) is 9.00 Å². The number of rotatable bonds is 7. The minimum Gasteiger partial charge on any atom is -0.357 e. The molecule has 1 amide bonds.